The summed E-state index contributed by atoms with van der Waals surface area (Å²) in [7, 11) is 0. The maximum absolute atomic E-state index is 5.87. The van der Waals surface area contributed by atoms with Crippen molar-refractivity contribution in [3.63, 3.8) is 0 Å². The smallest absolute Gasteiger partial charge is 0.316 e. The number of likely N-dealkylation sites (tertiary alicyclic amines) is 1. The molecule has 5 heteroatoms. The molecule has 1 aliphatic heterocycles. The number of piperidine rings is 1. The molecule has 1 aliphatic rings. The molecule has 116 valence electrons. The van der Waals surface area contributed by atoms with E-state index in [2.05, 4.69) is 55.1 Å². The lowest BCUT2D eigenvalue weighted by Gasteiger charge is -2.31. The summed E-state index contributed by atoms with van der Waals surface area (Å²) in [6.07, 6.45) is 5.84. The van der Waals surface area contributed by atoms with E-state index in [1.165, 1.54) is 10.0 Å². The second kappa shape index (κ2) is 7.20. The quantitative estimate of drug-likeness (QED) is 0.833. The van der Waals surface area contributed by atoms with Crippen LogP contribution in [0.15, 0.2) is 41.1 Å². The van der Waals surface area contributed by atoms with Gasteiger partial charge in [0.1, 0.15) is 6.10 Å². The molecular formula is C17H20BrN3O. The van der Waals surface area contributed by atoms with Gasteiger partial charge in [-0.1, -0.05) is 34.1 Å². The Kier molecular flexibility index (Phi) is 5.05. The number of halogens is 1. The van der Waals surface area contributed by atoms with Gasteiger partial charge < -0.3 is 4.74 Å². The molecule has 0 unspecified atom stereocenters. The number of aryl methyl sites for hydroxylation is 1. The second-order valence-electron chi connectivity index (χ2n) is 5.73. The van der Waals surface area contributed by atoms with Gasteiger partial charge in [0.25, 0.3) is 0 Å². The maximum Gasteiger partial charge on any atom is 0.316 e. The van der Waals surface area contributed by atoms with Crippen molar-refractivity contribution in [2.45, 2.75) is 32.4 Å². The van der Waals surface area contributed by atoms with E-state index in [1.807, 2.05) is 6.92 Å². The highest BCUT2D eigenvalue weighted by molar-refractivity contribution is 9.10. The van der Waals surface area contributed by atoms with Crippen LogP contribution in [0.3, 0.4) is 0 Å². The van der Waals surface area contributed by atoms with Crippen molar-refractivity contribution in [3.05, 3.63) is 52.3 Å². The summed E-state index contributed by atoms with van der Waals surface area (Å²) in [5.41, 5.74) is 2.39. The molecule has 2 aromatic rings. The molecule has 3 rings (SSSR count). The van der Waals surface area contributed by atoms with Crippen LogP contribution in [0.1, 0.15) is 24.0 Å². The van der Waals surface area contributed by atoms with Crippen molar-refractivity contribution in [3.8, 4) is 6.01 Å². The van der Waals surface area contributed by atoms with Gasteiger partial charge in [0.05, 0.1) is 0 Å². The molecule has 4 nitrogen and oxygen atoms in total. The SMILES string of the molecule is Cc1cnc(OC2CCN(Cc3ccccc3Br)CC2)nc1. The Balaban J connectivity index is 1.50. The number of hydrogen-bond acceptors (Lipinski definition) is 4. The number of benzene rings is 1. The Labute approximate surface area is 139 Å². The Morgan fingerprint density at radius 2 is 1.86 bits per heavy atom. The molecule has 0 radical (unpaired) electrons. The highest BCUT2D eigenvalue weighted by atomic mass is 79.9. The van der Waals surface area contributed by atoms with E-state index in [0.29, 0.717) is 6.01 Å². The highest BCUT2D eigenvalue weighted by Crippen LogP contribution is 2.21. The minimum Gasteiger partial charge on any atom is -0.460 e. The van der Waals surface area contributed by atoms with Crippen LogP contribution in [0.2, 0.25) is 0 Å². The molecule has 0 saturated carbocycles. The summed E-state index contributed by atoms with van der Waals surface area (Å²) < 4.78 is 7.06. The van der Waals surface area contributed by atoms with Crippen LogP contribution in [0.4, 0.5) is 0 Å². The average Bonchev–Trinajstić information content (AvgIpc) is 2.54. The predicted octanol–water partition coefficient (Wildman–Crippen LogP) is 3.59. The first-order valence-corrected chi connectivity index (χ1v) is 8.41. The lowest BCUT2D eigenvalue weighted by molar-refractivity contribution is 0.0891. The summed E-state index contributed by atoms with van der Waals surface area (Å²) in [6.45, 7) is 5.04. The first kappa shape index (κ1) is 15.4. The summed E-state index contributed by atoms with van der Waals surface area (Å²) in [6, 6.07) is 8.90. The van der Waals surface area contributed by atoms with Crippen molar-refractivity contribution in [2.24, 2.45) is 0 Å². The summed E-state index contributed by atoms with van der Waals surface area (Å²) in [4.78, 5) is 10.9. The Hall–Kier alpha value is -1.46. The van der Waals surface area contributed by atoms with Gasteiger partial charge >= 0.3 is 6.01 Å². The summed E-state index contributed by atoms with van der Waals surface area (Å²) in [5.74, 6) is 0. The third-order valence-electron chi connectivity index (χ3n) is 3.92. The third-order valence-corrected chi connectivity index (χ3v) is 4.69. The van der Waals surface area contributed by atoms with Crippen LogP contribution in [0.5, 0.6) is 6.01 Å². The minimum absolute atomic E-state index is 0.221. The molecule has 1 aromatic carbocycles. The van der Waals surface area contributed by atoms with Crippen molar-refractivity contribution in [2.75, 3.05) is 13.1 Å². The molecule has 0 spiro atoms. The predicted molar refractivity (Wildman–Crippen MR) is 89.8 cm³/mol. The molecule has 1 aromatic heterocycles. The lowest BCUT2D eigenvalue weighted by atomic mass is 10.1. The lowest BCUT2D eigenvalue weighted by Crippen LogP contribution is -2.38. The van der Waals surface area contributed by atoms with Crippen LogP contribution in [0, 0.1) is 6.92 Å². The highest BCUT2D eigenvalue weighted by Gasteiger charge is 2.21. The van der Waals surface area contributed by atoms with E-state index in [9.17, 15) is 0 Å². The fourth-order valence-electron chi connectivity index (χ4n) is 2.64. The molecule has 1 saturated heterocycles. The van der Waals surface area contributed by atoms with E-state index < -0.39 is 0 Å². The maximum atomic E-state index is 5.87. The van der Waals surface area contributed by atoms with Crippen LogP contribution in [-0.2, 0) is 6.54 Å². The summed E-state index contributed by atoms with van der Waals surface area (Å²) >= 11 is 3.62. The van der Waals surface area contributed by atoms with Crippen molar-refractivity contribution in [1.82, 2.24) is 14.9 Å². The first-order valence-electron chi connectivity index (χ1n) is 7.62. The van der Waals surface area contributed by atoms with E-state index in [-0.39, 0.29) is 6.10 Å². The van der Waals surface area contributed by atoms with E-state index in [4.69, 9.17) is 4.74 Å². The molecule has 22 heavy (non-hydrogen) atoms. The normalized spacial score (nSPS) is 16.6. The minimum atomic E-state index is 0.221. The van der Waals surface area contributed by atoms with Gasteiger partial charge in [-0.25, -0.2) is 9.97 Å². The number of aromatic nitrogens is 2. The van der Waals surface area contributed by atoms with Crippen LogP contribution in [0.25, 0.3) is 0 Å². The van der Waals surface area contributed by atoms with Crippen molar-refractivity contribution in [1.29, 1.82) is 0 Å². The van der Waals surface area contributed by atoms with Crippen LogP contribution < -0.4 is 4.74 Å². The van der Waals surface area contributed by atoms with Crippen molar-refractivity contribution >= 4 is 15.9 Å². The van der Waals surface area contributed by atoms with E-state index in [0.717, 1.165) is 38.0 Å². The topological polar surface area (TPSA) is 38.2 Å². The fourth-order valence-corrected chi connectivity index (χ4v) is 3.05. The van der Waals surface area contributed by atoms with Crippen LogP contribution in [-0.4, -0.2) is 34.1 Å². The molecule has 0 atom stereocenters. The standard InChI is InChI=1S/C17H20BrN3O/c1-13-10-19-17(20-11-13)22-15-6-8-21(9-7-15)12-14-4-2-3-5-16(14)18/h2-5,10-11,15H,6-9,12H2,1H3. The van der Waals surface area contributed by atoms with Gasteiger partial charge in [-0.05, 0) is 37.0 Å². The van der Waals surface area contributed by atoms with Gasteiger partial charge in [0, 0.05) is 36.5 Å². The zero-order valence-corrected chi connectivity index (χ0v) is 14.3. The van der Waals surface area contributed by atoms with Gasteiger partial charge in [0.15, 0.2) is 0 Å². The molecule has 0 N–H and O–H groups in total. The second-order valence-corrected chi connectivity index (χ2v) is 6.58. The zero-order chi connectivity index (χ0) is 15.4. The summed E-state index contributed by atoms with van der Waals surface area (Å²) in [5, 5.41) is 0. The van der Waals surface area contributed by atoms with Gasteiger partial charge in [0.2, 0.25) is 0 Å². The Bertz CT molecular complexity index is 610. The fraction of sp³-hybridized carbons (Fsp3) is 0.412. The Morgan fingerprint density at radius 1 is 1.18 bits per heavy atom. The van der Waals surface area contributed by atoms with E-state index in [1.54, 1.807) is 12.4 Å². The van der Waals surface area contributed by atoms with Crippen molar-refractivity contribution < 1.29 is 4.74 Å². The van der Waals surface area contributed by atoms with Crippen LogP contribution >= 0.6 is 15.9 Å². The monoisotopic (exact) mass is 361 g/mol. The number of hydrogen-bond donors (Lipinski definition) is 0. The van der Waals surface area contributed by atoms with Gasteiger partial charge in [-0.2, -0.15) is 0 Å². The zero-order valence-electron chi connectivity index (χ0n) is 12.7. The average molecular weight is 362 g/mol. The third kappa shape index (κ3) is 4.05. The first-order chi connectivity index (χ1) is 10.7. The van der Waals surface area contributed by atoms with Gasteiger partial charge in [-0.15, -0.1) is 0 Å². The molecule has 0 amide bonds. The molecule has 0 bridgehead atoms. The number of rotatable bonds is 4. The molecular weight excluding hydrogens is 342 g/mol. The molecule has 1 fully saturated rings. The Morgan fingerprint density at radius 3 is 2.55 bits per heavy atom. The van der Waals surface area contributed by atoms with Gasteiger partial charge in [-0.3, -0.25) is 4.90 Å². The number of ether oxygens (including phenoxy) is 1. The number of nitrogens with zero attached hydrogens (tertiary/aromatic N) is 3. The molecule has 2 heterocycles. The molecule has 0 aliphatic carbocycles. The van der Waals surface area contributed by atoms with E-state index >= 15 is 0 Å². The largest absolute Gasteiger partial charge is 0.460 e.